The van der Waals surface area contributed by atoms with E-state index in [1.54, 1.807) is 35.5 Å². The summed E-state index contributed by atoms with van der Waals surface area (Å²) in [7, 11) is 4.10. The number of carbonyl (C=O) groups is 5. The van der Waals surface area contributed by atoms with Crippen LogP contribution in [-0.2, 0) is 35.1 Å². The van der Waals surface area contributed by atoms with Gasteiger partial charge >= 0.3 is 23.9 Å². The number of ether oxygens (including phenoxy) is 1. The molecule has 16 nitrogen and oxygen atoms in total. The molecule has 5 N–H and O–H groups in total. The fraction of sp³-hybridized carbons (Fsp3) is 0.711. The molecule has 1 fully saturated rings. The Morgan fingerprint density at radius 2 is 1.28 bits per heavy atom. The molecule has 1 aromatic carbocycles. The van der Waals surface area contributed by atoms with Gasteiger partial charge in [-0.3, -0.25) is 43.6 Å². The fourth-order valence-electron chi connectivity index (χ4n) is 6.26. The van der Waals surface area contributed by atoms with Gasteiger partial charge in [0.15, 0.2) is 0 Å². The Morgan fingerprint density at radius 1 is 0.741 bits per heavy atom. The highest BCUT2D eigenvalue weighted by atomic mass is 16.6. The highest BCUT2D eigenvalue weighted by Crippen LogP contribution is 2.18. The summed E-state index contributed by atoms with van der Waals surface area (Å²) in [4.78, 5) is 70.5. The van der Waals surface area contributed by atoms with Crippen LogP contribution >= 0.6 is 0 Å². The number of likely N-dealkylation sites (N-methyl/N-ethyl adjacent to an activating group) is 1. The number of anilines is 1. The molecular formula is C38H65N7O9. The number of hydrogen-bond donors (Lipinski definition) is 5. The van der Waals surface area contributed by atoms with Crippen LogP contribution in [0.2, 0.25) is 0 Å². The molecular weight excluding hydrogens is 698 g/mol. The van der Waals surface area contributed by atoms with E-state index in [2.05, 4.69) is 29.6 Å². The minimum absolute atomic E-state index is 0.0538. The minimum atomic E-state index is -1.04. The number of benzene rings is 1. The van der Waals surface area contributed by atoms with Gasteiger partial charge in [0.25, 0.3) is 0 Å². The van der Waals surface area contributed by atoms with Gasteiger partial charge in [0.2, 0.25) is 5.91 Å². The van der Waals surface area contributed by atoms with Crippen molar-refractivity contribution in [3.63, 3.8) is 0 Å². The van der Waals surface area contributed by atoms with Crippen LogP contribution in [0.4, 0.5) is 5.69 Å². The molecule has 1 amide bonds. The van der Waals surface area contributed by atoms with E-state index in [0.29, 0.717) is 18.5 Å². The summed E-state index contributed by atoms with van der Waals surface area (Å²) in [6.45, 7) is 9.16. The molecule has 306 valence electrons. The van der Waals surface area contributed by atoms with E-state index in [1.165, 1.54) is 0 Å². The van der Waals surface area contributed by atoms with Gasteiger partial charge in [0.1, 0.15) is 5.60 Å². The predicted octanol–water partition coefficient (Wildman–Crippen LogP) is 1.46. The average Bonchev–Trinajstić information content (AvgIpc) is 3.05. The summed E-state index contributed by atoms with van der Waals surface area (Å²) in [6.07, 6.45) is 4.76. The van der Waals surface area contributed by atoms with Crippen molar-refractivity contribution >= 4 is 35.5 Å². The number of rotatable bonds is 21. The Kier molecular flexibility index (Phi) is 21.2. The number of nitrogens with one attached hydrogen (secondary N) is 2. The number of carboxylic acid groups (broad SMARTS) is 3. The Bertz CT molecular complexity index is 1310. The second-order valence-electron chi connectivity index (χ2n) is 15.3. The van der Waals surface area contributed by atoms with Crippen molar-refractivity contribution in [1.82, 2.24) is 29.8 Å². The summed E-state index contributed by atoms with van der Waals surface area (Å²) >= 11 is 0. The largest absolute Gasteiger partial charge is 0.480 e. The van der Waals surface area contributed by atoms with Crippen molar-refractivity contribution < 1.29 is 44.0 Å². The smallest absolute Gasteiger partial charge is 0.320 e. The van der Waals surface area contributed by atoms with Crippen LogP contribution in [-0.4, -0.2) is 187 Å². The number of carbonyl (C=O) groups excluding carboxylic acids is 2. The molecule has 0 aromatic heterocycles. The SMILES string of the molecule is CN(C)CCNCCCCCCC(=O)Nc1ccc(CC2CN(CC(=O)O)CCN(CC(=O)O)CCN(CC(=O)O)CCN2CC(=O)OC(C)(C)C)cc1. The monoisotopic (exact) mass is 763 g/mol. The highest BCUT2D eigenvalue weighted by Gasteiger charge is 2.29. The Balaban J connectivity index is 2.21. The first-order valence-corrected chi connectivity index (χ1v) is 19.0. The van der Waals surface area contributed by atoms with Gasteiger partial charge in [-0.15, -0.1) is 0 Å². The summed E-state index contributed by atoms with van der Waals surface area (Å²) < 4.78 is 5.66. The van der Waals surface area contributed by atoms with Crippen LogP contribution in [0.15, 0.2) is 24.3 Å². The van der Waals surface area contributed by atoms with Crippen LogP contribution in [0.25, 0.3) is 0 Å². The van der Waals surface area contributed by atoms with Crippen LogP contribution < -0.4 is 10.6 Å². The maximum Gasteiger partial charge on any atom is 0.320 e. The lowest BCUT2D eigenvalue weighted by molar-refractivity contribution is -0.157. The topological polar surface area (TPSA) is 196 Å². The second kappa shape index (κ2) is 24.7. The number of hydrogen-bond acceptors (Lipinski definition) is 12. The third-order valence-corrected chi connectivity index (χ3v) is 8.93. The molecule has 1 heterocycles. The highest BCUT2D eigenvalue weighted by molar-refractivity contribution is 5.90. The van der Waals surface area contributed by atoms with Crippen LogP contribution in [0.1, 0.15) is 58.4 Å². The molecule has 0 aliphatic carbocycles. The quantitative estimate of drug-likeness (QED) is 0.0892. The number of esters is 1. The first-order valence-electron chi connectivity index (χ1n) is 19.0. The summed E-state index contributed by atoms with van der Waals surface area (Å²) in [5.41, 5.74) is 0.818. The summed E-state index contributed by atoms with van der Waals surface area (Å²) in [6, 6.07) is 7.04. The lowest BCUT2D eigenvalue weighted by atomic mass is 10.0. The lowest BCUT2D eigenvalue weighted by Crippen LogP contribution is -2.53. The Morgan fingerprint density at radius 3 is 1.83 bits per heavy atom. The van der Waals surface area contributed by atoms with Crippen LogP contribution in [0.3, 0.4) is 0 Å². The maximum absolute atomic E-state index is 13.2. The average molecular weight is 764 g/mol. The minimum Gasteiger partial charge on any atom is -0.480 e. The van der Waals surface area contributed by atoms with Gasteiger partial charge in [-0.1, -0.05) is 25.0 Å². The van der Waals surface area contributed by atoms with E-state index >= 15 is 0 Å². The Hall–Kier alpha value is -3.67. The zero-order chi connectivity index (χ0) is 40.1. The first kappa shape index (κ1) is 46.5. The third-order valence-electron chi connectivity index (χ3n) is 8.93. The number of unbranched alkanes of at least 4 members (excludes halogenated alkanes) is 3. The number of aliphatic carboxylic acids is 3. The van der Waals surface area contributed by atoms with E-state index in [-0.39, 0.29) is 77.9 Å². The molecule has 0 bridgehead atoms. The molecule has 1 aliphatic heterocycles. The number of amides is 1. The van der Waals surface area contributed by atoms with E-state index in [4.69, 9.17) is 4.74 Å². The molecule has 1 aliphatic rings. The molecule has 16 heteroatoms. The van der Waals surface area contributed by atoms with Crippen molar-refractivity contribution in [3.05, 3.63) is 29.8 Å². The van der Waals surface area contributed by atoms with Crippen molar-refractivity contribution in [3.8, 4) is 0 Å². The van der Waals surface area contributed by atoms with Crippen LogP contribution in [0, 0.1) is 0 Å². The van der Waals surface area contributed by atoms with Gasteiger partial charge in [0.05, 0.1) is 26.2 Å². The fourth-order valence-corrected chi connectivity index (χ4v) is 6.26. The molecule has 54 heavy (non-hydrogen) atoms. The normalized spacial score (nSPS) is 17.4. The third kappa shape index (κ3) is 21.9. The van der Waals surface area contributed by atoms with E-state index in [0.717, 1.165) is 50.9 Å². The second-order valence-corrected chi connectivity index (χ2v) is 15.3. The maximum atomic E-state index is 13.2. The zero-order valence-corrected chi connectivity index (χ0v) is 33.1. The number of carboxylic acids is 3. The van der Waals surface area contributed by atoms with Gasteiger partial charge in [0, 0.05) is 77.1 Å². The van der Waals surface area contributed by atoms with Crippen molar-refractivity contribution in [2.24, 2.45) is 0 Å². The van der Waals surface area contributed by atoms with Gasteiger partial charge in [-0.05, 0) is 78.4 Å². The molecule has 1 atom stereocenters. The van der Waals surface area contributed by atoms with Gasteiger partial charge < -0.3 is 35.6 Å². The van der Waals surface area contributed by atoms with Crippen molar-refractivity contribution in [1.29, 1.82) is 0 Å². The molecule has 1 aromatic rings. The zero-order valence-electron chi connectivity index (χ0n) is 33.1. The standard InChI is InChI=1S/C38H65N7O9/c1-38(2,3)54-37(53)29-45-23-22-43(27-35(49)50)19-18-42(26-34(47)48)20-21-44(28-36(51)52)25-32(45)24-30-11-13-31(14-12-30)40-33(46)10-8-6-7-9-15-39-16-17-41(4)5/h11-14,32,39H,6-10,15-29H2,1-5H3,(H,40,46)(H,47,48)(H,49,50)(H,51,52). The van der Waals surface area contributed by atoms with Crippen molar-refractivity contribution in [2.75, 3.05) is 111 Å². The van der Waals surface area contributed by atoms with Gasteiger partial charge in [-0.25, -0.2) is 0 Å². The molecule has 0 spiro atoms. The van der Waals surface area contributed by atoms with E-state index < -0.39 is 35.5 Å². The number of nitrogens with zero attached hydrogens (tertiary/aromatic N) is 5. The first-order chi connectivity index (χ1) is 25.5. The van der Waals surface area contributed by atoms with E-state index in [1.807, 2.05) is 29.2 Å². The molecule has 1 unspecified atom stereocenters. The van der Waals surface area contributed by atoms with Crippen LogP contribution in [0.5, 0.6) is 0 Å². The van der Waals surface area contributed by atoms with E-state index in [9.17, 15) is 39.3 Å². The summed E-state index contributed by atoms with van der Waals surface area (Å²) in [5, 5.41) is 35.3. The molecule has 0 saturated carbocycles. The molecule has 1 saturated heterocycles. The lowest BCUT2D eigenvalue weighted by Gasteiger charge is -2.38. The molecule has 0 radical (unpaired) electrons. The molecule has 2 rings (SSSR count). The van der Waals surface area contributed by atoms with Crippen molar-refractivity contribution in [2.45, 2.75) is 70.9 Å². The Labute approximate surface area is 320 Å². The predicted molar refractivity (Wildman–Crippen MR) is 207 cm³/mol. The summed E-state index contributed by atoms with van der Waals surface area (Å²) in [5.74, 6) is -3.61. The van der Waals surface area contributed by atoms with Gasteiger partial charge in [-0.2, -0.15) is 0 Å².